The van der Waals surface area contributed by atoms with Gasteiger partial charge in [0, 0.05) is 16.8 Å². The number of terminal acetylenes is 1. The predicted molar refractivity (Wildman–Crippen MR) is 120 cm³/mol. The number of hydrogen-bond acceptors (Lipinski definition) is 4. The average molecular weight is 475 g/mol. The molecule has 1 aromatic heterocycles. The van der Waals surface area contributed by atoms with Crippen molar-refractivity contribution in [1.29, 1.82) is 0 Å². The minimum Gasteiger partial charge on any atom is -0.398 e. The van der Waals surface area contributed by atoms with E-state index in [4.69, 9.17) is 35.4 Å². The second-order valence-electron chi connectivity index (χ2n) is 6.44. The minimum absolute atomic E-state index is 0.00103. The Morgan fingerprint density at radius 3 is 2.47 bits per heavy atom. The molecule has 10 heteroatoms. The Labute approximate surface area is 191 Å². The molecule has 1 heterocycles. The van der Waals surface area contributed by atoms with Crippen molar-refractivity contribution in [3.05, 3.63) is 75.5 Å². The van der Waals surface area contributed by atoms with Crippen molar-refractivity contribution in [2.24, 2.45) is 0 Å². The SMILES string of the molecule is C#CCNC(=O)c1ncc(NC(=O)c2cc(F)c(-c3ccc(F)cc3N)cc2Cl)cc1Cl. The van der Waals surface area contributed by atoms with Crippen LogP contribution in [0.5, 0.6) is 0 Å². The highest BCUT2D eigenvalue weighted by Crippen LogP contribution is 2.33. The number of carbonyl (C=O) groups excluding carboxylic acids is 2. The normalized spacial score (nSPS) is 10.3. The summed E-state index contributed by atoms with van der Waals surface area (Å²) in [6.07, 6.45) is 6.28. The van der Waals surface area contributed by atoms with Gasteiger partial charge in [0.2, 0.25) is 0 Å². The molecular weight excluding hydrogens is 461 g/mol. The highest BCUT2D eigenvalue weighted by atomic mass is 35.5. The molecule has 0 bridgehead atoms. The average Bonchev–Trinajstić information content (AvgIpc) is 2.73. The number of nitrogen functional groups attached to an aromatic ring is 1. The van der Waals surface area contributed by atoms with Gasteiger partial charge < -0.3 is 16.4 Å². The lowest BCUT2D eigenvalue weighted by Gasteiger charge is -2.12. The standard InChI is InChI=1S/C22H14Cl2F2N4O2/c1-2-5-28-22(32)20-17(24)7-12(10-29-20)30-21(31)15-9-18(26)14(8-16(15)23)13-4-3-11(25)6-19(13)27/h1,3-4,6-10H,5,27H2,(H,28,32)(H,30,31). The lowest BCUT2D eigenvalue weighted by atomic mass is 10.0. The molecule has 0 saturated heterocycles. The molecule has 6 nitrogen and oxygen atoms in total. The highest BCUT2D eigenvalue weighted by Gasteiger charge is 2.19. The molecule has 0 saturated carbocycles. The summed E-state index contributed by atoms with van der Waals surface area (Å²) in [6.45, 7) is -0.00103. The molecule has 162 valence electrons. The fourth-order valence-electron chi connectivity index (χ4n) is 2.79. The fraction of sp³-hybridized carbons (Fsp3) is 0.0455. The van der Waals surface area contributed by atoms with Crippen molar-refractivity contribution in [2.45, 2.75) is 0 Å². The quantitative estimate of drug-likeness (QED) is 0.373. The molecule has 3 rings (SSSR count). The molecule has 0 fully saturated rings. The van der Waals surface area contributed by atoms with E-state index in [0.29, 0.717) is 0 Å². The smallest absolute Gasteiger partial charge is 0.272 e. The summed E-state index contributed by atoms with van der Waals surface area (Å²) < 4.78 is 28.0. The zero-order chi connectivity index (χ0) is 23.4. The summed E-state index contributed by atoms with van der Waals surface area (Å²) in [5, 5.41) is 4.80. The van der Waals surface area contributed by atoms with Crippen LogP contribution in [0.1, 0.15) is 20.8 Å². The number of aromatic nitrogens is 1. The van der Waals surface area contributed by atoms with E-state index >= 15 is 0 Å². The Kier molecular flexibility index (Phi) is 6.93. The molecule has 3 aromatic rings. The van der Waals surface area contributed by atoms with Crippen molar-refractivity contribution in [3.8, 4) is 23.5 Å². The summed E-state index contributed by atoms with van der Waals surface area (Å²) in [4.78, 5) is 28.4. The summed E-state index contributed by atoms with van der Waals surface area (Å²) in [5.41, 5.74) is 5.92. The largest absolute Gasteiger partial charge is 0.398 e. The number of amides is 2. The number of nitrogens with two attached hydrogens (primary N) is 1. The van der Waals surface area contributed by atoms with Crippen LogP contribution in [-0.2, 0) is 0 Å². The van der Waals surface area contributed by atoms with E-state index in [1.165, 1.54) is 24.4 Å². The lowest BCUT2D eigenvalue weighted by molar-refractivity contribution is 0.0953. The third kappa shape index (κ3) is 4.97. The van der Waals surface area contributed by atoms with E-state index in [0.717, 1.165) is 18.2 Å². The van der Waals surface area contributed by atoms with Gasteiger partial charge in [-0.05, 0) is 36.4 Å². The first kappa shape index (κ1) is 23.0. The third-order valence-corrected chi connectivity index (χ3v) is 4.87. The maximum Gasteiger partial charge on any atom is 0.272 e. The number of pyridine rings is 1. The zero-order valence-corrected chi connectivity index (χ0v) is 17.7. The van der Waals surface area contributed by atoms with Gasteiger partial charge in [-0.2, -0.15) is 0 Å². The number of nitrogens with zero attached hydrogens (tertiary/aromatic N) is 1. The number of anilines is 2. The summed E-state index contributed by atoms with van der Waals surface area (Å²) in [7, 11) is 0. The predicted octanol–water partition coefficient (Wildman–Crippen LogP) is 4.53. The number of halogens is 4. The monoisotopic (exact) mass is 474 g/mol. The van der Waals surface area contributed by atoms with Crippen LogP contribution in [-0.4, -0.2) is 23.3 Å². The van der Waals surface area contributed by atoms with Crippen molar-refractivity contribution >= 4 is 46.4 Å². The Morgan fingerprint density at radius 1 is 1.06 bits per heavy atom. The molecule has 2 aromatic carbocycles. The Hall–Kier alpha value is -3.67. The summed E-state index contributed by atoms with van der Waals surface area (Å²) in [5.74, 6) is -0.423. The van der Waals surface area contributed by atoms with Gasteiger partial charge in [0.1, 0.15) is 17.3 Å². The molecule has 2 amide bonds. The summed E-state index contributed by atoms with van der Waals surface area (Å²) >= 11 is 12.2. The topological polar surface area (TPSA) is 97.1 Å². The van der Waals surface area contributed by atoms with E-state index in [1.807, 2.05) is 0 Å². The van der Waals surface area contributed by atoms with Crippen molar-refractivity contribution in [2.75, 3.05) is 17.6 Å². The number of carbonyl (C=O) groups is 2. The first-order valence-corrected chi connectivity index (χ1v) is 9.70. The molecule has 0 atom stereocenters. The van der Waals surface area contributed by atoms with Crippen LogP contribution in [0.25, 0.3) is 11.1 Å². The van der Waals surface area contributed by atoms with Crippen molar-refractivity contribution in [3.63, 3.8) is 0 Å². The Balaban J connectivity index is 1.84. The molecule has 32 heavy (non-hydrogen) atoms. The molecule has 0 aliphatic rings. The highest BCUT2D eigenvalue weighted by molar-refractivity contribution is 6.35. The van der Waals surface area contributed by atoms with Gasteiger partial charge in [-0.25, -0.2) is 13.8 Å². The van der Waals surface area contributed by atoms with E-state index < -0.39 is 23.4 Å². The Bertz CT molecular complexity index is 1280. The zero-order valence-electron chi connectivity index (χ0n) is 16.2. The van der Waals surface area contributed by atoms with Crippen LogP contribution < -0.4 is 16.4 Å². The molecule has 0 spiro atoms. The third-order valence-electron chi connectivity index (χ3n) is 4.27. The van der Waals surface area contributed by atoms with E-state index in [9.17, 15) is 18.4 Å². The maximum atomic E-state index is 14.7. The van der Waals surface area contributed by atoms with E-state index in [1.54, 1.807) is 0 Å². The number of rotatable bonds is 5. The van der Waals surface area contributed by atoms with Gasteiger partial charge in [0.15, 0.2) is 0 Å². The van der Waals surface area contributed by atoms with Crippen LogP contribution in [0.4, 0.5) is 20.2 Å². The van der Waals surface area contributed by atoms with Crippen molar-refractivity contribution in [1.82, 2.24) is 10.3 Å². The molecular formula is C22H14Cl2F2N4O2. The minimum atomic E-state index is -0.783. The lowest BCUT2D eigenvalue weighted by Crippen LogP contribution is -2.25. The maximum absolute atomic E-state index is 14.7. The molecule has 0 unspecified atom stereocenters. The van der Waals surface area contributed by atoms with Crippen LogP contribution in [0.3, 0.4) is 0 Å². The summed E-state index contributed by atoms with van der Waals surface area (Å²) in [6, 6.07) is 6.96. The van der Waals surface area contributed by atoms with Crippen molar-refractivity contribution < 1.29 is 18.4 Å². The number of nitrogens with one attached hydrogen (secondary N) is 2. The first-order valence-electron chi connectivity index (χ1n) is 8.94. The number of benzene rings is 2. The first-order chi connectivity index (χ1) is 15.2. The second kappa shape index (κ2) is 9.64. The van der Waals surface area contributed by atoms with E-state index in [-0.39, 0.29) is 50.3 Å². The van der Waals surface area contributed by atoms with E-state index in [2.05, 4.69) is 21.5 Å². The molecule has 4 N–H and O–H groups in total. The second-order valence-corrected chi connectivity index (χ2v) is 7.25. The fourth-order valence-corrected chi connectivity index (χ4v) is 3.29. The van der Waals surface area contributed by atoms with Gasteiger partial charge in [0.05, 0.1) is 34.0 Å². The van der Waals surface area contributed by atoms with Gasteiger partial charge in [-0.3, -0.25) is 9.59 Å². The molecule has 0 radical (unpaired) electrons. The Morgan fingerprint density at radius 2 is 1.81 bits per heavy atom. The van der Waals surface area contributed by atoms with Crippen LogP contribution in [0, 0.1) is 24.0 Å². The molecule has 0 aliphatic heterocycles. The van der Waals surface area contributed by atoms with Gasteiger partial charge in [0.25, 0.3) is 11.8 Å². The van der Waals surface area contributed by atoms with Gasteiger partial charge in [-0.15, -0.1) is 6.42 Å². The van der Waals surface area contributed by atoms with Crippen LogP contribution in [0.2, 0.25) is 10.0 Å². The van der Waals surface area contributed by atoms with Gasteiger partial charge in [-0.1, -0.05) is 29.1 Å². The molecule has 0 aliphatic carbocycles. The number of hydrogen-bond donors (Lipinski definition) is 3. The van der Waals surface area contributed by atoms with Gasteiger partial charge >= 0.3 is 0 Å². The van der Waals surface area contributed by atoms with Crippen LogP contribution >= 0.6 is 23.2 Å². The van der Waals surface area contributed by atoms with Crippen LogP contribution in [0.15, 0.2) is 42.6 Å².